The van der Waals surface area contributed by atoms with Gasteiger partial charge in [0.25, 0.3) is 0 Å². The molecule has 0 radical (unpaired) electrons. The number of nitrogens with zero attached hydrogens (tertiary/aromatic N) is 1. The molecule has 3 N–H and O–H groups in total. The molecule has 1 aromatic heterocycles. The fourth-order valence-electron chi connectivity index (χ4n) is 1.76. The molecular weight excluding hydrogens is 335 g/mol. The van der Waals surface area contributed by atoms with E-state index in [1.807, 2.05) is 10.7 Å². The molecule has 0 aliphatic rings. The van der Waals surface area contributed by atoms with Gasteiger partial charge in [0.2, 0.25) is 5.91 Å². The number of aliphatic hydroxyl groups excluding tert-OH is 1. The molecule has 1 aromatic rings. The average molecular weight is 353 g/mol. The van der Waals surface area contributed by atoms with Crippen molar-refractivity contribution in [1.29, 1.82) is 0 Å². The minimum absolute atomic E-state index is 0.0970. The van der Waals surface area contributed by atoms with Crippen LogP contribution in [0.15, 0.2) is 17.5 Å². The Hall–Kier alpha value is -1.65. The van der Waals surface area contributed by atoms with Crippen LogP contribution in [0, 0.1) is 0 Å². The third-order valence-electron chi connectivity index (χ3n) is 2.66. The second-order valence-corrected chi connectivity index (χ2v) is 5.75. The lowest BCUT2D eigenvalue weighted by molar-refractivity contribution is -0.148. The summed E-state index contributed by atoms with van der Waals surface area (Å²) in [5, 5.41) is 14.9. The minimum atomic E-state index is -4.46. The van der Waals surface area contributed by atoms with Crippen LogP contribution in [0.2, 0.25) is 0 Å². The number of carbonyl (C=O) groups excluding carboxylic acids is 2. The molecule has 23 heavy (non-hydrogen) atoms. The van der Waals surface area contributed by atoms with E-state index in [9.17, 15) is 22.8 Å². The molecule has 1 heterocycles. The van der Waals surface area contributed by atoms with Gasteiger partial charge < -0.3 is 10.4 Å². The Balaban J connectivity index is 2.39. The van der Waals surface area contributed by atoms with Gasteiger partial charge in [-0.3, -0.25) is 15.0 Å². The van der Waals surface area contributed by atoms with Crippen LogP contribution in [0.3, 0.4) is 0 Å². The number of urea groups is 1. The highest BCUT2D eigenvalue weighted by molar-refractivity contribution is 7.09. The Bertz CT molecular complexity index is 494. The van der Waals surface area contributed by atoms with Crippen LogP contribution in [0.5, 0.6) is 0 Å². The van der Waals surface area contributed by atoms with Crippen molar-refractivity contribution in [1.82, 2.24) is 15.5 Å². The van der Waals surface area contributed by atoms with Crippen molar-refractivity contribution in [2.24, 2.45) is 0 Å². The molecule has 130 valence electrons. The van der Waals surface area contributed by atoms with Crippen molar-refractivity contribution in [2.75, 3.05) is 26.2 Å². The van der Waals surface area contributed by atoms with E-state index in [4.69, 9.17) is 5.11 Å². The molecule has 6 nitrogen and oxygen atoms in total. The summed E-state index contributed by atoms with van der Waals surface area (Å²) in [5.74, 6) is -0.837. The number of alkyl halides is 3. The summed E-state index contributed by atoms with van der Waals surface area (Å²) >= 11 is 1.43. The maximum absolute atomic E-state index is 12.4. The highest BCUT2D eigenvalue weighted by atomic mass is 32.1. The quantitative estimate of drug-likeness (QED) is 0.658. The van der Waals surface area contributed by atoms with Crippen LogP contribution in [-0.4, -0.2) is 54.4 Å². The summed E-state index contributed by atoms with van der Waals surface area (Å²) < 4.78 is 37.2. The number of hydrogen-bond acceptors (Lipinski definition) is 5. The Morgan fingerprint density at radius 2 is 2.09 bits per heavy atom. The van der Waals surface area contributed by atoms with Crippen molar-refractivity contribution < 1.29 is 27.9 Å². The molecule has 0 aromatic carbocycles. The second-order valence-electron chi connectivity index (χ2n) is 4.71. The van der Waals surface area contributed by atoms with Crippen molar-refractivity contribution in [3.8, 4) is 0 Å². The van der Waals surface area contributed by atoms with E-state index in [0.29, 0.717) is 0 Å². The number of rotatable bonds is 8. The van der Waals surface area contributed by atoms with Crippen LogP contribution in [-0.2, 0) is 11.3 Å². The number of amides is 3. The number of carbonyl (C=O) groups is 2. The van der Waals surface area contributed by atoms with Gasteiger partial charge in [-0.2, -0.15) is 13.2 Å². The molecule has 0 saturated carbocycles. The van der Waals surface area contributed by atoms with E-state index >= 15 is 0 Å². The minimum Gasteiger partial charge on any atom is -0.396 e. The fraction of sp³-hybridized carbons (Fsp3) is 0.538. The maximum atomic E-state index is 12.4. The van der Waals surface area contributed by atoms with E-state index in [1.165, 1.54) is 11.3 Å². The zero-order valence-corrected chi connectivity index (χ0v) is 13.0. The number of nitrogens with one attached hydrogen (secondary N) is 2. The first kappa shape index (κ1) is 19.4. The Morgan fingerprint density at radius 1 is 1.35 bits per heavy atom. The summed E-state index contributed by atoms with van der Waals surface area (Å²) in [4.78, 5) is 24.9. The predicted octanol–water partition coefficient (Wildman–Crippen LogP) is 1.32. The molecule has 0 saturated heterocycles. The Labute approximate surface area is 135 Å². The molecule has 0 bridgehead atoms. The molecule has 10 heteroatoms. The van der Waals surface area contributed by atoms with Crippen LogP contribution < -0.4 is 10.6 Å². The van der Waals surface area contributed by atoms with Crippen molar-refractivity contribution >= 4 is 23.3 Å². The lowest BCUT2D eigenvalue weighted by Crippen LogP contribution is -2.46. The predicted molar refractivity (Wildman–Crippen MR) is 78.9 cm³/mol. The normalized spacial score (nSPS) is 11.5. The molecule has 0 aliphatic carbocycles. The number of imide groups is 1. The number of hydrogen-bond donors (Lipinski definition) is 3. The van der Waals surface area contributed by atoms with E-state index in [0.717, 1.165) is 9.78 Å². The van der Waals surface area contributed by atoms with Crippen LogP contribution in [0.4, 0.5) is 18.0 Å². The van der Waals surface area contributed by atoms with Crippen LogP contribution >= 0.6 is 11.3 Å². The number of thiophene rings is 1. The van der Waals surface area contributed by atoms with E-state index in [1.54, 1.807) is 12.1 Å². The first-order chi connectivity index (χ1) is 10.8. The van der Waals surface area contributed by atoms with Gasteiger partial charge >= 0.3 is 12.2 Å². The Kier molecular flexibility index (Phi) is 8.00. The van der Waals surface area contributed by atoms with Gasteiger partial charge in [-0.25, -0.2) is 4.79 Å². The van der Waals surface area contributed by atoms with Gasteiger partial charge in [0.1, 0.15) is 0 Å². The van der Waals surface area contributed by atoms with Crippen LogP contribution in [0.1, 0.15) is 11.3 Å². The summed E-state index contributed by atoms with van der Waals surface area (Å²) in [6.45, 7) is -2.01. The summed E-state index contributed by atoms with van der Waals surface area (Å²) in [6, 6.07) is 2.84. The standard InChI is InChI=1S/C13H18F3N3O3S/c14-13(15,16)9-19(4-2-5-20)8-11(21)18-12(22)17-7-10-3-1-6-23-10/h1,3,6,20H,2,4-5,7-9H2,(H2,17,18,21,22). The molecule has 1 rings (SSSR count). The molecular formula is C13H18F3N3O3S. The largest absolute Gasteiger partial charge is 0.401 e. The second kappa shape index (κ2) is 9.48. The lowest BCUT2D eigenvalue weighted by Gasteiger charge is -2.22. The lowest BCUT2D eigenvalue weighted by atomic mass is 10.3. The van der Waals surface area contributed by atoms with E-state index in [2.05, 4.69) is 5.32 Å². The van der Waals surface area contributed by atoms with Gasteiger partial charge in [0.15, 0.2) is 0 Å². The average Bonchev–Trinajstić information content (AvgIpc) is 2.94. The third-order valence-corrected chi connectivity index (χ3v) is 3.54. The van der Waals surface area contributed by atoms with Crippen LogP contribution in [0.25, 0.3) is 0 Å². The molecule has 0 spiro atoms. The smallest absolute Gasteiger partial charge is 0.396 e. The highest BCUT2D eigenvalue weighted by Crippen LogP contribution is 2.16. The van der Waals surface area contributed by atoms with Gasteiger partial charge in [0, 0.05) is 18.0 Å². The number of halogens is 3. The summed E-state index contributed by atoms with van der Waals surface area (Å²) in [6.07, 6.45) is -4.36. The molecule has 0 atom stereocenters. The molecule has 0 aliphatic heterocycles. The first-order valence-corrected chi connectivity index (χ1v) is 7.68. The third kappa shape index (κ3) is 9.16. The highest BCUT2D eigenvalue weighted by Gasteiger charge is 2.31. The zero-order valence-electron chi connectivity index (χ0n) is 12.2. The number of aliphatic hydroxyl groups is 1. The van der Waals surface area contributed by atoms with Gasteiger partial charge in [-0.1, -0.05) is 6.07 Å². The summed E-state index contributed by atoms with van der Waals surface area (Å²) in [5.41, 5.74) is 0. The molecule has 3 amide bonds. The topological polar surface area (TPSA) is 81.7 Å². The zero-order chi connectivity index (χ0) is 17.3. The Morgan fingerprint density at radius 3 is 2.65 bits per heavy atom. The monoisotopic (exact) mass is 353 g/mol. The molecule has 0 fully saturated rings. The van der Waals surface area contributed by atoms with Crippen molar-refractivity contribution in [3.05, 3.63) is 22.4 Å². The van der Waals surface area contributed by atoms with Gasteiger partial charge in [-0.05, 0) is 17.9 Å². The van der Waals surface area contributed by atoms with Gasteiger partial charge in [-0.15, -0.1) is 11.3 Å². The summed E-state index contributed by atoms with van der Waals surface area (Å²) in [7, 11) is 0. The van der Waals surface area contributed by atoms with Crippen molar-refractivity contribution in [2.45, 2.75) is 19.1 Å². The first-order valence-electron chi connectivity index (χ1n) is 6.80. The van der Waals surface area contributed by atoms with Crippen molar-refractivity contribution in [3.63, 3.8) is 0 Å². The maximum Gasteiger partial charge on any atom is 0.401 e. The van der Waals surface area contributed by atoms with Gasteiger partial charge in [0.05, 0.1) is 19.6 Å². The SMILES string of the molecule is O=C(CN(CCCO)CC(F)(F)F)NC(=O)NCc1cccs1. The molecule has 0 unspecified atom stereocenters. The fourth-order valence-corrected chi connectivity index (χ4v) is 2.40. The van der Waals surface area contributed by atoms with E-state index < -0.39 is 31.2 Å². The van der Waals surface area contributed by atoms with E-state index in [-0.39, 0.29) is 26.1 Å².